The van der Waals surface area contributed by atoms with Gasteiger partial charge in [-0.25, -0.2) is 8.42 Å². The third-order valence-electron chi connectivity index (χ3n) is 2.33. The Morgan fingerprint density at radius 1 is 1.27 bits per heavy atom. The van der Waals surface area contributed by atoms with Crippen LogP contribution in [0.25, 0.3) is 0 Å². The number of ether oxygens (including phenoxy) is 1. The molecular formula is C10H23NO3S. The molecule has 15 heavy (non-hydrogen) atoms. The zero-order valence-electron chi connectivity index (χ0n) is 10.2. The van der Waals surface area contributed by atoms with Crippen molar-refractivity contribution in [3.63, 3.8) is 0 Å². The molecule has 0 aliphatic rings. The Kier molecular flexibility index (Phi) is 6.40. The molecule has 0 saturated heterocycles. The van der Waals surface area contributed by atoms with Crippen molar-refractivity contribution in [2.75, 3.05) is 32.6 Å². The number of hydrogen-bond acceptors (Lipinski definition) is 4. The van der Waals surface area contributed by atoms with Gasteiger partial charge < -0.3 is 10.1 Å². The molecule has 0 aliphatic carbocycles. The molecule has 0 unspecified atom stereocenters. The standard InChI is InChI=1S/C10H23NO3S/c1-5-7-14-8-6-11-9-10(2,3)15(4,12)13/h11H,5-9H2,1-4H3. The van der Waals surface area contributed by atoms with Crippen molar-refractivity contribution < 1.29 is 13.2 Å². The van der Waals surface area contributed by atoms with E-state index >= 15 is 0 Å². The van der Waals surface area contributed by atoms with E-state index in [2.05, 4.69) is 12.2 Å². The molecule has 0 atom stereocenters. The van der Waals surface area contributed by atoms with E-state index < -0.39 is 14.6 Å². The van der Waals surface area contributed by atoms with Gasteiger partial charge in [0.15, 0.2) is 9.84 Å². The monoisotopic (exact) mass is 237 g/mol. The Bertz CT molecular complexity index is 260. The molecule has 0 aromatic carbocycles. The summed E-state index contributed by atoms with van der Waals surface area (Å²) in [7, 11) is -3.00. The summed E-state index contributed by atoms with van der Waals surface area (Å²) in [6.45, 7) is 8.05. The molecule has 0 radical (unpaired) electrons. The zero-order chi connectivity index (χ0) is 11.9. The van der Waals surface area contributed by atoms with Gasteiger partial charge in [0.05, 0.1) is 11.4 Å². The number of sulfone groups is 1. The smallest absolute Gasteiger partial charge is 0.153 e. The SMILES string of the molecule is CCCOCCNCC(C)(C)S(C)(=O)=O. The normalized spacial score (nSPS) is 13.1. The average molecular weight is 237 g/mol. The fourth-order valence-electron chi connectivity index (χ4n) is 0.911. The van der Waals surface area contributed by atoms with Crippen molar-refractivity contribution in [3.8, 4) is 0 Å². The Balaban J connectivity index is 3.68. The van der Waals surface area contributed by atoms with Crippen molar-refractivity contribution in [1.82, 2.24) is 5.32 Å². The molecule has 1 N–H and O–H groups in total. The molecular weight excluding hydrogens is 214 g/mol. The summed E-state index contributed by atoms with van der Waals surface area (Å²) < 4.78 is 27.3. The van der Waals surface area contributed by atoms with Crippen molar-refractivity contribution in [3.05, 3.63) is 0 Å². The number of hydrogen-bond donors (Lipinski definition) is 1. The first kappa shape index (κ1) is 14.9. The van der Waals surface area contributed by atoms with E-state index in [9.17, 15) is 8.42 Å². The summed E-state index contributed by atoms with van der Waals surface area (Å²) in [5.74, 6) is 0. The molecule has 0 spiro atoms. The number of rotatable bonds is 8. The summed E-state index contributed by atoms with van der Waals surface area (Å²) in [6.07, 6.45) is 2.27. The summed E-state index contributed by atoms with van der Waals surface area (Å²) in [4.78, 5) is 0. The van der Waals surface area contributed by atoms with Crippen LogP contribution >= 0.6 is 0 Å². The topological polar surface area (TPSA) is 55.4 Å². The highest BCUT2D eigenvalue weighted by atomic mass is 32.2. The Morgan fingerprint density at radius 2 is 1.87 bits per heavy atom. The fourth-order valence-corrected chi connectivity index (χ4v) is 1.28. The van der Waals surface area contributed by atoms with E-state index in [1.54, 1.807) is 13.8 Å². The van der Waals surface area contributed by atoms with E-state index in [1.807, 2.05) is 0 Å². The van der Waals surface area contributed by atoms with Crippen molar-refractivity contribution >= 4 is 9.84 Å². The molecule has 92 valence electrons. The lowest BCUT2D eigenvalue weighted by Crippen LogP contribution is -2.42. The van der Waals surface area contributed by atoms with Crippen LogP contribution in [0.15, 0.2) is 0 Å². The highest BCUT2D eigenvalue weighted by molar-refractivity contribution is 7.92. The largest absolute Gasteiger partial charge is 0.380 e. The van der Waals surface area contributed by atoms with Gasteiger partial charge in [-0.05, 0) is 20.3 Å². The molecule has 0 aliphatic heterocycles. The van der Waals surface area contributed by atoms with Gasteiger partial charge >= 0.3 is 0 Å². The third kappa shape index (κ3) is 6.12. The van der Waals surface area contributed by atoms with Crippen molar-refractivity contribution in [1.29, 1.82) is 0 Å². The second-order valence-electron chi connectivity index (χ2n) is 4.32. The molecule has 0 aromatic heterocycles. The van der Waals surface area contributed by atoms with Crippen LogP contribution in [0.2, 0.25) is 0 Å². The van der Waals surface area contributed by atoms with Crippen LogP contribution in [0, 0.1) is 0 Å². The van der Waals surface area contributed by atoms with Gasteiger partial charge in [0.2, 0.25) is 0 Å². The van der Waals surface area contributed by atoms with E-state index in [4.69, 9.17) is 4.74 Å². The maximum Gasteiger partial charge on any atom is 0.153 e. The highest BCUT2D eigenvalue weighted by Crippen LogP contribution is 2.12. The van der Waals surface area contributed by atoms with Crippen LogP contribution < -0.4 is 5.32 Å². The van der Waals surface area contributed by atoms with E-state index in [0.717, 1.165) is 13.0 Å². The quantitative estimate of drug-likeness (QED) is 0.635. The maximum absolute atomic E-state index is 11.3. The molecule has 5 heteroatoms. The summed E-state index contributed by atoms with van der Waals surface area (Å²) in [5, 5.41) is 3.09. The van der Waals surface area contributed by atoms with E-state index in [-0.39, 0.29) is 0 Å². The second kappa shape index (κ2) is 6.45. The Labute approximate surface area is 93.3 Å². The summed E-state index contributed by atoms with van der Waals surface area (Å²) >= 11 is 0. The first-order valence-electron chi connectivity index (χ1n) is 5.29. The zero-order valence-corrected chi connectivity index (χ0v) is 11.0. The molecule has 0 rings (SSSR count). The molecule has 0 fully saturated rings. The van der Waals surface area contributed by atoms with Crippen LogP contribution in [0.3, 0.4) is 0 Å². The minimum atomic E-state index is -3.00. The van der Waals surface area contributed by atoms with Crippen LogP contribution in [0.4, 0.5) is 0 Å². The van der Waals surface area contributed by atoms with Gasteiger partial charge in [-0.3, -0.25) is 0 Å². The van der Waals surface area contributed by atoms with Gasteiger partial charge in [0, 0.05) is 26.0 Å². The van der Waals surface area contributed by atoms with Crippen molar-refractivity contribution in [2.24, 2.45) is 0 Å². The molecule has 0 aromatic rings. The number of nitrogens with one attached hydrogen (secondary N) is 1. The summed E-state index contributed by atoms with van der Waals surface area (Å²) in [6, 6.07) is 0. The molecule has 0 heterocycles. The van der Waals surface area contributed by atoms with Gasteiger partial charge in [-0.2, -0.15) is 0 Å². The summed E-state index contributed by atoms with van der Waals surface area (Å²) in [5.41, 5.74) is 0. The lowest BCUT2D eigenvalue weighted by Gasteiger charge is -2.22. The average Bonchev–Trinajstić information content (AvgIpc) is 2.09. The lowest BCUT2D eigenvalue weighted by molar-refractivity contribution is 0.136. The van der Waals surface area contributed by atoms with Gasteiger partial charge in [-0.15, -0.1) is 0 Å². The Hall–Kier alpha value is -0.130. The van der Waals surface area contributed by atoms with Gasteiger partial charge in [0.1, 0.15) is 0 Å². The first-order valence-corrected chi connectivity index (χ1v) is 7.18. The first-order chi connectivity index (χ1) is 6.81. The minimum Gasteiger partial charge on any atom is -0.380 e. The third-order valence-corrected chi connectivity index (χ3v) is 4.48. The van der Waals surface area contributed by atoms with Gasteiger partial charge in [-0.1, -0.05) is 6.92 Å². The van der Waals surface area contributed by atoms with Crippen LogP contribution in [0.1, 0.15) is 27.2 Å². The molecule has 0 saturated carbocycles. The molecule has 4 nitrogen and oxygen atoms in total. The Morgan fingerprint density at radius 3 is 2.33 bits per heavy atom. The van der Waals surface area contributed by atoms with Crippen molar-refractivity contribution in [2.45, 2.75) is 31.9 Å². The highest BCUT2D eigenvalue weighted by Gasteiger charge is 2.29. The molecule has 0 bridgehead atoms. The van der Waals surface area contributed by atoms with E-state index in [0.29, 0.717) is 19.7 Å². The molecule has 0 amide bonds. The predicted molar refractivity (Wildman–Crippen MR) is 62.9 cm³/mol. The van der Waals surface area contributed by atoms with Crippen LogP contribution in [-0.2, 0) is 14.6 Å². The second-order valence-corrected chi connectivity index (χ2v) is 6.97. The lowest BCUT2D eigenvalue weighted by atomic mass is 10.2. The van der Waals surface area contributed by atoms with E-state index in [1.165, 1.54) is 6.26 Å². The fraction of sp³-hybridized carbons (Fsp3) is 1.00. The minimum absolute atomic E-state index is 0.460. The predicted octanol–water partition coefficient (Wildman–Crippen LogP) is 0.826. The maximum atomic E-state index is 11.3. The van der Waals surface area contributed by atoms with Crippen LogP contribution in [0.5, 0.6) is 0 Å². The van der Waals surface area contributed by atoms with Gasteiger partial charge in [0.25, 0.3) is 0 Å². The van der Waals surface area contributed by atoms with Crippen LogP contribution in [-0.4, -0.2) is 45.7 Å².